The number of hydrogen-bond acceptors (Lipinski definition) is 4. The van der Waals surface area contributed by atoms with Crippen LogP contribution < -0.4 is 0 Å². The van der Waals surface area contributed by atoms with Crippen molar-refractivity contribution in [2.75, 3.05) is 0 Å². The molecule has 0 saturated heterocycles. The van der Waals surface area contributed by atoms with Gasteiger partial charge in [-0.2, -0.15) is 0 Å². The van der Waals surface area contributed by atoms with Crippen molar-refractivity contribution >= 4 is 11.8 Å². The van der Waals surface area contributed by atoms with E-state index >= 15 is 0 Å². The first-order valence-corrected chi connectivity index (χ1v) is 8.32. The molecule has 22 heavy (non-hydrogen) atoms. The van der Waals surface area contributed by atoms with Crippen molar-refractivity contribution in [1.82, 2.24) is 9.97 Å². The minimum absolute atomic E-state index is 0.111. The molecular formula is C18H24N2OS. The highest BCUT2D eigenvalue weighted by Gasteiger charge is 2.18. The lowest BCUT2D eigenvalue weighted by atomic mass is 9.87. The number of aliphatic hydroxyl groups is 1. The summed E-state index contributed by atoms with van der Waals surface area (Å²) in [5.74, 6) is 0. The van der Waals surface area contributed by atoms with Gasteiger partial charge in [0.2, 0.25) is 0 Å². The average molecular weight is 316 g/mol. The molecule has 1 heterocycles. The van der Waals surface area contributed by atoms with Crippen molar-refractivity contribution in [3.05, 3.63) is 47.3 Å². The molecule has 1 atom stereocenters. The first-order chi connectivity index (χ1) is 10.2. The Morgan fingerprint density at radius 3 is 2.32 bits per heavy atom. The molecule has 0 aliphatic rings. The van der Waals surface area contributed by atoms with Gasteiger partial charge in [-0.1, -0.05) is 32.9 Å². The minimum Gasteiger partial charge on any atom is -0.388 e. The van der Waals surface area contributed by atoms with Crippen molar-refractivity contribution in [2.45, 2.75) is 57.2 Å². The fourth-order valence-corrected chi connectivity index (χ4v) is 2.89. The topological polar surface area (TPSA) is 46.0 Å². The third-order valence-corrected chi connectivity index (χ3v) is 4.37. The van der Waals surface area contributed by atoms with Gasteiger partial charge in [0.25, 0.3) is 0 Å². The third kappa shape index (κ3) is 4.82. The molecule has 4 heteroatoms. The van der Waals surface area contributed by atoms with Gasteiger partial charge in [-0.15, -0.1) is 0 Å². The molecule has 1 aromatic heterocycles. The van der Waals surface area contributed by atoms with Crippen LogP contribution in [0.15, 0.2) is 40.5 Å². The molecule has 0 fully saturated rings. The minimum atomic E-state index is -0.420. The molecule has 1 aromatic carbocycles. The van der Waals surface area contributed by atoms with Crippen LogP contribution in [0.4, 0.5) is 0 Å². The Kier molecular flexibility index (Phi) is 5.24. The summed E-state index contributed by atoms with van der Waals surface area (Å²) < 4.78 is 0. The molecule has 0 aliphatic heterocycles. The lowest BCUT2D eigenvalue weighted by Gasteiger charge is -2.22. The van der Waals surface area contributed by atoms with Gasteiger partial charge in [0.15, 0.2) is 5.16 Å². The summed E-state index contributed by atoms with van der Waals surface area (Å²) in [7, 11) is 0. The van der Waals surface area contributed by atoms with Crippen molar-refractivity contribution < 1.29 is 5.11 Å². The lowest BCUT2D eigenvalue weighted by Crippen LogP contribution is -2.11. The quantitative estimate of drug-likeness (QED) is 0.829. The molecule has 2 rings (SSSR count). The number of aromatic nitrogens is 2. The average Bonchev–Trinajstić information content (AvgIpc) is 2.42. The first kappa shape index (κ1) is 17.0. The highest BCUT2D eigenvalue weighted by molar-refractivity contribution is 7.99. The Morgan fingerprint density at radius 2 is 1.77 bits per heavy atom. The van der Waals surface area contributed by atoms with Gasteiger partial charge >= 0.3 is 0 Å². The van der Waals surface area contributed by atoms with Crippen molar-refractivity contribution in [1.29, 1.82) is 0 Å². The molecule has 3 nitrogen and oxygen atoms in total. The molecule has 0 amide bonds. The largest absolute Gasteiger partial charge is 0.388 e. The van der Waals surface area contributed by atoms with Crippen LogP contribution >= 0.6 is 11.8 Å². The zero-order chi connectivity index (χ0) is 16.3. The van der Waals surface area contributed by atoms with Gasteiger partial charge in [0.05, 0.1) is 6.10 Å². The van der Waals surface area contributed by atoms with E-state index in [0.29, 0.717) is 0 Å². The van der Waals surface area contributed by atoms with Crippen molar-refractivity contribution in [3.63, 3.8) is 0 Å². The van der Waals surface area contributed by atoms with Crippen LogP contribution in [0.5, 0.6) is 0 Å². The SMILES string of the molecule is Cc1cnc(Sc2ccc(C(O)CC(C)(C)C)cc2)nc1C. The Balaban J connectivity index is 2.07. The normalized spacial score (nSPS) is 13.2. The highest BCUT2D eigenvalue weighted by atomic mass is 32.2. The van der Waals surface area contributed by atoms with Crippen molar-refractivity contribution in [3.8, 4) is 0 Å². The van der Waals surface area contributed by atoms with Gasteiger partial charge < -0.3 is 5.11 Å². The summed E-state index contributed by atoms with van der Waals surface area (Å²) in [5, 5.41) is 11.0. The number of nitrogens with zero attached hydrogens (tertiary/aromatic N) is 2. The fourth-order valence-electron chi connectivity index (χ4n) is 2.12. The number of aryl methyl sites for hydroxylation is 2. The van der Waals surface area contributed by atoms with Gasteiger partial charge in [0.1, 0.15) is 0 Å². The first-order valence-electron chi connectivity index (χ1n) is 7.51. The number of hydrogen-bond donors (Lipinski definition) is 1. The van der Waals surface area contributed by atoms with Crippen LogP contribution in [0.2, 0.25) is 0 Å². The predicted octanol–water partition coefficient (Wildman–Crippen LogP) is 4.71. The maximum atomic E-state index is 10.3. The molecule has 1 N–H and O–H groups in total. The number of aliphatic hydroxyl groups excluding tert-OH is 1. The zero-order valence-electron chi connectivity index (χ0n) is 13.9. The molecule has 0 aliphatic carbocycles. The smallest absolute Gasteiger partial charge is 0.192 e. The van der Waals surface area contributed by atoms with E-state index in [9.17, 15) is 5.11 Å². The van der Waals surface area contributed by atoms with E-state index < -0.39 is 6.10 Å². The number of benzene rings is 1. The summed E-state index contributed by atoms with van der Waals surface area (Å²) in [6.45, 7) is 10.4. The van der Waals surface area contributed by atoms with Gasteiger partial charge in [-0.25, -0.2) is 9.97 Å². The third-order valence-electron chi connectivity index (χ3n) is 3.48. The highest BCUT2D eigenvalue weighted by Crippen LogP contribution is 2.31. The Labute approximate surface area is 137 Å². The molecule has 118 valence electrons. The van der Waals surface area contributed by atoms with Crippen LogP contribution in [-0.2, 0) is 0 Å². The zero-order valence-corrected chi connectivity index (χ0v) is 14.7. The maximum absolute atomic E-state index is 10.3. The Bertz CT molecular complexity index is 633. The Hall–Kier alpha value is -1.39. The van der Waals surface area contributed by atoms with Crippen LogP contribution in [0.25, 0.3) is 0 Å². The van der Waals surface area contributed by atoms with E-state index in [2.05, 4.69) is 30.7 Å². The van der Waals surface area contributed by atoms with E-state index in [1.54, 1.807) is 11.8 Å². The molecule has 0 radical (unpaired) electrons. The predicted molar refractivity (Wildman–Crippen MR) is 91.1 cm³/mol. The van der Waals surface area contributed by atoms with Crippen molar-refractivity contribution in [2.24, 2.45) is 5.41 Å². The second kappa shape index (κ2) is 6.80. The summed E-state index contributed by atoms with van der Waals surface area (Å²) in [5.41, 5.74) is 3.18. The summed E-state index contributed by atoms with van der Waals surface area (Å²) >= 11 is 1.54. The molecule has 2 aromatic rings. The van der Waals surface area contributed by atoms with E-state index in [1.165, 1.54) is 0 Å². The summed E-state index contributed by atoms with van der Waals surface area (Å²) in [6.07, 6.45) is 2.18. The Morgan fingerprint density at radius 1 is 1.14 bits per heavy atom. The van der Waals surface area contributed by atoms with E-state index in [0.717, 1.165) is 33.3 Å². The summed E-state index contributed by atoms with van der Waals surface area (Å²) in [6, 6.07) is 8.01. The monoisotopic (exact) mass is 316 g/mol. The second-order valence-corrected chi connectivity index (χ2v) is 7.91. The molecular weight excluding hydrogens is 292 g/mol. The molecule has 0 spiro atoms. The fraction of sp³-hybridized carbons (Fsp3) is 0.444. The molecule has 0 saturated carbocycles. The van der Waals surface area contributed by atoms with E-state index in [4.69, 9.17) is 0 Å². The lowest BCUT2D eigenvalue weighted by molar-refractivity contribution is 0.122. The molecule has 0 bridgehead atoms. The van der Waals surface area contributed by atoms with Gasteiger partial charge in [0, 0.05) is 16.8 Å². The van der Waals surface area contributed by atoms with Crippen LogP contribution in [0.1, 0.15) is 50.1 Å². The molecule has 1 unspecified atom stereocenters. The van der Waals surface area contributed by atoms with Gasteiger partial charge in [-0.3, -0.25) is 0 Å². The summed E-state index contributed by atoms with van der Waals surface area (Å²) in [4.78, 5) is 9.90. The number of rotatable bonds is 4. The maximum Gasteiger partial charge on any atom is 0.192 e. The van der Waals surface area contributed by atoms with Gasteiger partial charge in [-0.05, 0) is 60.7 Å². The standard InChI is InChI=1S/C18H24N2OS/c1-12-11-19-17(20-13(12)2)22-15-8-6-14(7-9-15)16(21)10-18(3,4)5/h6-9,11,16,21H,10H2,1-5H3. The second-order valence-electron chi connectivity index (χ2n) is 6.87. The van der Waals surface area contributed by atoms with Crippen LogP contribution in [-0.4, -0.2) is 15.1 Å². The van der Waals surface area contributed by atoms with Crippen LogP contribution in [0.3, 0.4) is 0 Å². The van der Waals surface area contributed by atoms with E-state index in [-0.39, 0.29) is 5.41 Å². The van der Waals surface area contributed by atoms with Crippen LogP contribution in [0, 0.1) is 19.3 Å². The van der Waals surface area contributed by atoms with E-state index in [1.807, 2.05) is 44.3 Å².